The number of hydrogen-bond acceptors (Lipinski definition) is 3. The van der Waals surface area contributed by atoms with Crippen LogP contribution in [0.15, 0.2) is 23.3 Å². The lowest BCUT2D eigenvalue weighted by Crippen LogP contribution is -2.39. The maximum atomic E-state index is 12.7. The van der Waals surface area contributed by atoms with Gasteiger partial charge in [0.2, 0.25) is 5.91 Å². The van der Waals surface area contributed by atoms with Gasteiger partial charge in [-0.2, -0.15) is 18.3 Å². The second kappa shape index (κ2) is 6.35. The number of nitrogens with one attached hydrogen (secondary N) is 2. The second-order valence-electron chi connectivity index (χ2n) is 4.60. The van der Waals surface area contributed by atoms with E-state index in [1.807, 2.05) is 0 Å². The van der Waals surface area contributed by atoms with Crippen LogP contribution in [0.5, 0.6) is 0 Å². The Morgan fingerprint density at radius 2 is 2.18 bits per heavy atom. The molecule has 1 aromatic rings. The maximum absolute atomic E-state index is 12.7. The minimum absolute atomic E-state index is 0.0206. The average Bonchev–Trinajstić information content (AvgIpc) is 2.86. The maximum Gasteiger partial charge on any atom is 0.417 e. The number of halogens is 4. The molecule has 1 aromatic carbocycles. The van der Waals surface area contributed by atoms with Crippen molar-refractivity contribution in [3.8, 4) is 0 Å². The van der Waals surface area contributed by atoms with Gasteiger partial charge in [-0.3, -0.25) is 9.59 Å². The Hall–Kier alpha value is -2.09. The highest BCUT2D eigenvalue weighted by atomic mass is 35.5. The Labute approximate surface area is 128 Å². The fraction of sp³-hybridized carbons (Fsp3) is 0.308. The fourth-order valence-electron chi connectivity index (χ4n) is 1.92. The molecule has 2 N–H and O–H groups in total. The lowest BCUT2D eigenvalue weighted by molar-refractivity contribution is -0.137. The van der Waals surface area contributed by atoms with Crippen molar-refractivity contribution in [2.75, 3.05) is 0 Å². The van der Waals surface area contributed by atoms with Crippen molar-refractivity contribution in [2.24, 2.45) is 5.10 Å². The van der Waals surface area contributed by atoms with Crippen molar-refractivity contribution in [3.05, 3.63) is 34.3 Å². The normalized spacial score (nSPS) is 18.5. The van der Waals surface area contributed by atoms with Crippen LogP contribution in [-0.2, 0) is 15.8 Å². The third kappa shape index (κ3) is 3.76. The molecule has 118 valence electrons. The molecule has 1 fully saturated rings. The summed E-state index contributed by atoms with van der Waals surface area (Å²) in [5, 5.41) is 5.51. The smallest absolute Gasteiger partial charge is 0.344 e. The summed E-state index contributed by atoms with van der Waals surface area (Å²) < 4.78 is 38.0. The number of benzene rings is 1. The fourth-order valence-corrected chi connectivity index (χ4v) is 2.20. The molecule has 1 saturated heterocycles. The molecule has 0 saturated carbocycles. The monoisotopic (exact) mass is 333 g/mol. The molecule has 0 aromatic heterocycles. The van der Waals surface area contributed by atoms with Crippen LogP contribution in [0, 0.1) is 0 Å². The first-order valence-electron chi connectivity index (χ1n) is 6.27. The highest BCUT2D eigenvalue weighted by Gasteiger charge is 2.33. The van der Waals surface area contributed by atoms with E-state index in [1.54, 1.807) is 0 Å². The van der Waals surface area contributed by atoms with E-state index in [2.05, 4.69) is 15.8 Å². The molecule has 1 aliphatic heterocycles. The van der Waals surface area contributed by atoms with Gasteiger partial charge in [0, 0.05) is 12.0 Å². The first-order valence-corrected chi connectivity index (χ1v) is 6.65. The van der Waals surface area contributed by atoms with Crippen molar-refractivity contribution in [2.45, 2.75) is 25.1 Å². The molecule has 1 aliphatic rings. The van der Waals surface area contributed by atoms with Gasteiger partial charge in [0.25, 0.3) is 5.91 Å². The summed E-state index contributed by atoms with van der Waals surface area (Å²) in [5.74, 6) is -0.768. The zero-order valence-electron chi connectivity index (χ0n) is 11.1. The van der Waals surface area contributed by atoms with Gasteiger partial charge in [0.1, 0.15) is 6.04 Å². The SMILES string of the molecule is O=C1CC[C@@H](C(=O)N/N=C/c2cccc(C(F)(F)F)c2Cl)N1. The molecular formula is C13H11ClF3N3O2. The summed E-state index contributed by atoms with van der Waals surface area (Å²) in [5.41, 5.74) is 1.20. The largest absolute Gasteiger partial charge is 0.417 e. The highest BCUT2D eigenvalue weighted by molar-refractivity contribution is 6.33. The Balaban J connectivity index is 2.05. The van der Waals surface area contributed by atoms with E-state index >= 15 is 0 Å². The van der Waals surface area contributed by atoms with E-state index in [0.717, 1.165) is 12.3 Å². The molecule has 2 amide bonds. The third-order valence-corrected chi connectivity index (χ3v) is 3.45. The molecular weight excluding hydrogens is 323 g/mol. The minimum atomic E-state index is -4.57. The van der Waals surface area contributed by atoms with Crippen LogP contribution in [0.4, 0.5) is 13.2 Å². The van der Waals surface area contributed by atoms with E-state index in [1.165, 1.54) is 12.1 Å². The number of alkyl halides is 3. The summed E-state index contributed by atoms with van der Waals surface area (Å²) in [6, 6.07) is 2.70. The van der Waals surface area contributed by atoms with Crippen LogP contribution in [-0.4, -0.2) is 24.1 Å². The van der Waals surface area contributed by atoms with Gasteiger partial charge in [-0.05, 0) is 12.5 Å². The summed E-state index contributed by atoms with van der Waals surface area (Å²) in [6.45, 7) is 0. The molecule has 0 unspecified atom stereocenters. The van der Waals surface area contributed by atoms with Crippen LogP contribution in [0.2, 0.25) is 5.02 Å². The predicted octanol–water partition coefficient (Wildman–Crippen LogP) is 2.09. The van der Waals surface area contributed by atoms with Gasteiger partial charge in [-0.1, -0.05) is 23.7 Å². The Kier molecular flexibility index (Phi) is 4.70. The lowest BCUT2D eigenvalue weighted by Gasteiger charge is -2.10. The van der Waals surface area contributed by atoms with Gasteiger partial charge in [-0.15, -0.1) is 0 Å². The van der Waals surface area contributed by atoms with E-state index < -0.39 is 28.7 Å². The van der Waals surface area contributed by atoms with Gasteiger partial charge in [-0.25, -0.2) is 5.43 Å². The third-order valence-electron chi connectivity index (χ3n) is 3.02. The highest BCUT2D eigenvalue weighted by Crippen LogP contribution is 2.35. The summed E-state index contributed by atoms with van der Waals surface area (Å²) in [7, 11) is 0. The molecule has 1 atom stereocenters. The average molecular weight is 334 g/mol. The van der Waals surface area contributed by atoms with Crippen LogP contribution in [0.25, 0.3) is 0 Å². The molecule has 9 heteroatoms. The Morgan fingerprint density at radius 1 is 1.45 bits per heavy atom. The first kappa shape index (κ1) is 16.3. The van der Waals surface area contributed by atoms with Crippen LogP contribution < -0.4 is 10.7 Å². The molecule has 0 aliphatic carbocycles. The molecule has 5 nitrogen and oxygen atoms in total. The summed E-state index contributed by atoms with van der Waals surface area (Å²) in [6.07, 6.45) is -2.95. The standard InChI is InChI=1S/C13H11ClF3N3O2/c14-11-7(2-1-3-8(11)13(15,16)17)6-18-20-12(22)9-4-5-10(21)19-9/h1-3,6,9H,4-5H2,(H,19,21)(H,20,22)/b18-6+/t9-/m0/s1. The number of carbonyl (C=O) groups is 2. The van der Waals surface area contributed by atoms with Gasteiger partial charge in [0.15, 0.2) is 0 Å². The first-order chi connectivity index (χ1) is 10.3. The number of carbonyl (C=O) groups excluding carboxylic acids is 2. The van der Waals surface area contributed by atoms with Gasteiger partial charge >= 0.3 is 6.18 Å². The zero-order valence-corrected chi connectivity index (χ0v) is 11.8. The van der Waals surface area contributed by atoms with Crippen molar-refractivity contribution in [3.63, 3.8) is 0 Å². The summed E-state index contributed by atoms with van der Waals surface area (Å²) >= 11 is 5.67. The van der Waals surface area contributed by atoms with E-state index in [0.29, 0.717) is 6.42 Å². The molecule has 0 spiro atoms. The van der Waals surface area contributed by atoms with Crippen molar-refractivity contribution < 1.29 is 22.8 Å². The van der Waals surface area contributed by atoms with E-state index in [4.69, 9.17) is 11.6 Å². The minimum Gasteiger partial charge on any atom is -0.344 e. The lowest BCUT2D eigenvalue weighted by atomic mass is 10.1. The van der Waals surface area contributed by atoms with E-state index in [9.17, 15) is 22.8 Å². The van der Waals surface area contributed by atoms with Crippen LogP contribution >= 0.6 is 11.6 Å². The Morgan fingerprint density at radius 3 is 2.77 bits per heavy atom. The molecule has 2 rings (SSSR count). The van der Waals surface area contributed by atoms with Crippen molar-refractivity contribution >= 4 is 29.6 Å². The van der Waals surface area contributed by atoms with Gasteiger partial charge < -0.3 is 5.32 Å². The number of amides is 2. The molecule has 0 radical (unpaired) electrons. The zero-order chi connectivity index (χ0) is 16.3. The molecule has 0 bridgehead atoms. The van der Waals surface area contributed by atoms with Crippen LogP contribution in [0.3, 0.4) is 0 Å². The molecule has 22 heavy (non-hydrogen) atoms. The quantitative estimate of drug-likeness (QED) is 0.657. The number of rotatable bonds is 3. The Bertz CT molecular complexity index is 631. The number of hydrazone groups is 1. The van der Waals surface area contributed by atoms with Crippen molar-refractivity contribution in [1.29, 1.82) is 0 Å². The second-order valence-corrected chi connectivity index (χ2v) is 4.98. The topological polar surface area (TPSA) is 70.6 Å². The predicted molar refractivity (Wildman–Crippen MR) is 73.4 cm³/mol. The summed E-state index contributed by atoms with van der Waals surface area (Å²) in [4.78, 5) is 22.6. The molecule has 1 heterocycles. The number of nitrogens with zero attached hydrogens (tertiary/aromatic N) is 1. The van der Waals surface area contributed by atoms with Crippen LogP contribution in [0.1, 0.15) is 24.0 Å². The van der Waals surface area contributed by atoms with Crippen molar-refractivity contribution in [1.82, 2.24) is 10.7 Å². The number of hydrogen-bond donors (Lipinski definition) is 2. The van der Waals surface area contributed by atoms with Gasteiger partial charge in [0.05, 0.1) is 16.8 Å². The van der Waals surface area contributed by atoms with E-state index in [-0.39, 0.29) is 17.9 Å².